The minimum atomic E-state index is -0.488. The molecule has 1 N–H and O–H groups in total. The number of hydrogen-bond acceptors (Lipinski definition) is 4. The van der Waals surface area contributed by atoms with Gasteiger partial charge in [0, 0.05) is 30.6 Å². The second kappa shape index (κ2) is 6.19. The lowest BCUT2D eigenvalue weighted by Crippen LogP contribution is -2.53. The van der Waals surface area contributed by atoms with Gasteiger partial charge in [-0.15, -0.1) is 6.58 Å². The van der Waals surface area contributed by atoms with Crippen molar-refractivity contribution in [2.45, 2.75) is 12.5 Å². The number of aromatic nitrogens is 1. The summed E-state index contributed by atoms with van der Waals surface area (Å²) in [4.78, 5) is 6.89. The third-order valence-corrected chi connectivity index (χ3v) is 5.83. The molecule has 3 aliphatic rings. The fourth-order valence-electron chi connectivity index (χ4n) is 4.55. The summed E-state index contributed by atoms with van der Waals surface area (Å²) in [5.74, 6) is 2.03. The van der Waals surface area contributed by atoms with Crippen molar-refractivity contribution in [3.8, 4) is 5.75 Å². The van der Waals surface area contributed by atoms with E-state index in [0.29, 0.717) is 11.8 Å². The SMILES string of the molecule is C=C[C@@H]1CN2CC[C@@H]1[C@@H]([C@H](O)c1ccnc3ccc(OC)cc13)C2. The average molecular weight is 324 g/mol. The Hall–Kier alpha value is -1.91. The Morgan fingerprint density at radius 1 is 1.38 bits per heavy atom. The van der Waals surface area contributed by atoms with Crippen LogP contribution in [0, 0.1) is 17.8 Å². The summed E-state index contributed by atoms with van der Waals surface area (Å²) in [7, 11) is 1.66. The van der Waals surface area contributed by atoms with E-state index in [0.717, 1.165) is 48.3 Å². The van der Waals surface area contributed by atoms with Gasteiger partial charge in [-0.2, -0.15) is 0 Å². The second-order valence-corrected chi connectivity index (χ2v) is 7.00. The van der Waals surface area contributed by atoms with Crippen molar-refractivity contribution in [3.05, 3.63) is 48.7 Å². The highest BCUT2D eigenvalue weighted by Crippen LogP contribution is 2.44. The van der Waals surface area contributed by atoms with Crippen molar-refractivity contribution >= 4 is 10.9 Å². The van der Waals surface area contributed by atoms with Crippen molar-refractivity contribution in [3.63, 3.8) is 0 Å². The third-order valence-electron chi connectivity index (χ3n) is 5.83. The topological polar surface area (TPSA) is 45.6 Å². The van der Waals surface area contributed by atoms with Crippen molar-refractivity contribution in [1.29, 1.82) is 0 Å². The van der Waals surface area contributed by atoms with E-state index < -0.39 is 6.10 Å². The number of pyridine rings is 1. The van der Waals surface area contributed by atoms with Gasteiger partial charge in [-0.3, -0.25) is 4.98 Å². The van der Waals surface area contributed by atoms with Crippen molar-refractivity contribution in [2.75, 3.05) is 26.7 Å². The van der Waals surface area contributed by atoms with Gasteiger partial charge < -0.3 is 14.7 Å². The first kappa shape index (κ1) is 15.6. The van der Waals surface area contributed by atoms with Crippen LogP contribution in [0.2, 0.25) is 0 Å². The molecule has 3 saturated heterocycles. The summed E-state index contributed by atoms with van der Waals surface area (Å²) in [6.07, 6.45) is 4.52. The van der Waals surface area contributed by atoms with Crippen LogP contribution in [-0.2, 0) is 0 Å². The van der Waals surface area contributed by atoms with Crippen LogP contribution < -0.4 is 4.74 Å². The van der Waals surface area contributed by atoms with E-state index in [1.165, 1.54) is 0 Å². The lowest BCUT2D eigenvalue weighted by atomic mass is 9.69. The van der Waals surface area contributed by atoms with Crippen molar-refractivity contribution in [1.82, 2.24) is 9.88 Å². The molecule has 3 aliphatic heterocycles. The highest BCUT2D eigenvalue weighted by atomic mass is 16.5. The van der Waals surface area contributed by atoms with Crippen LogP contribution in [0.3, 0.4) is 0 Å². The molecule has 4 heterocycles. The summed E-state index contributed by atoms with van der Waals surface area (Å²) >= 11 is 0. The number of nitrogens with zero attached hydrogens (tertiary/aromatic N) is 2. The first-order chi connectivity index (χ1) is 11.7. The van der Waals surface area contributed by atoms with Gasteiger partial charge in [-0.1, -0.05) is 6.08 Å². The molecule has 1 aromatic heterocycles. The van der Waals surface area contributed by atoms with E-state index in [2.05, 4.69) is 22.5 Å². The van der Waals surface area contributed by atoms with Crippen molar-refractivity contribution < 1.29 is 9.84 Å². The Balaban J connectivity index is 1.73. The molecule has 4 heteroatoms. The standard InChI is InChI=1S/C20H24N2O2/c1-3-13-11-22-9-7-15(13)18(12-22)20(23)16-6-8-21-19-5-4-14(24-2)10-17(16)19/h3-6,8,10,13,15,18,20,23H,1,7,9,11-12H2,2H3/t13-,15+,18+,20-/m1/s1. The van der Waals surface area contributed by atoms with E-state index in [9.17, 15) is 5.11 Å². The molecule has 24 heavy (non-hydrogen) atoms. The molecule has 0 saturated carbocycles. The Labute approximate surface area is 142 Å². The number of hydrogen-bond donors (Lipinski definition) is 1. The van der Waals surface area contributed by atoms with Gasteiger partial charge in [0.2, 0.25) is 0 Å². The molecule has 0 aliphatic carbocycles. The predicted molar refractivity (Wildman–Crippen MR) is 95.0 cm³/mol. The Morgan fingerprint density at radius 2 is 2.25 bits per heavy atom. The summed E-state index contributed by atoms with van der Waals surface area (Å²) in [6.45, 7) is 7.20. The number of piperidine rings is 3. The van der Waals surface area contributed by atoms with E-state index in [1.807, 2.05) is 24.3 Å². The van der Waals surface area contributed by atoms with E-state index >= 15 is 0 Å². The van der Waals surface area contributed by atoms with Crippen LogP contribution in [0.25, 0.3) is 10.9 Å². The Kier molecular flexibility index (Phi) is 4.02. The molecule has 5 atom stereocenters. The lowest BCUT2D eigenvalue weighted by molar-refractivity contribution is -0.0472. The summed E-state index contributed by atoms with van der Waals surface area (Å²) in [5, 5.41) is 12.2. The number of methoxy groups -OCH3 is 1. The maximum atomic E-state index is 11.2. The molecular formula is C20H24N2O2. The molecule has 4 nitrogen and oxygen atoms in total. The number of rotatable bonds is 4. The second-order valence-electron chi connectivity index (χ2n) is 7.00. The Morgan fingerprint density at radius 3 is 3.00 bits per heavy atom. The van der Waals surface area contributed by atoms with Gasteiger partial charge in [0.15, 0.2) is 0 Å². The minimum Gasteiger partial charge on any atom is -0.497 e. The van der Waals surface area contributed by atoms with Gasteiger partial charge in [-0.25, -0.2) is 0 Å². The zero-order valence-electron chi connectivity index (χ0n) is 14.1. The number of aliphatic hydroxyl groups is 1. The molecule has 0 amide bonds. The molecule has 3 fully saturated rings. The smallest absolute Gasteiger partial charge is 0.119 e. The highest BCUT2D eigenvalue weighted by Gasteiger charge is 2.43. The fraction of sp³-hybridized carbons (Fsp3) is 0.450. The first-order valence-electron chi connectivity index (χ1n) is 8.67. The zero-order valence-corrected chi connectivity index (χ0v) is 14.1. The normalized spacial score (nSPS) is 30.2. The number of benzene rings is 1. The molecule has 2 aromatic rings. The van der Waals surface area contributed by atoms with Gasteiger partial charge >= 0.3 is 0 Å². The maximum absolute atomic E-state index is 11.2. The average Bonchev–Trinajstić information content (AvgIpc) is 2.66. The Bertz CT molecular complexity index is 760. The van der Waals surface area contributed by atoms with Crippen LogP contribution in [0.15, 0.2) is 43.1 Å². The maximum Gasteiger partial charge on any atom is 0.119 e. The molecule has 1 unspecified atom stereocenters. The number of aliphatic hydroxyl groups excluding tert-OH is 1. The van der Waals surface area contributed by atoms with Crippen LogP contribution in [0.5, 0.6) is 5.75 Å². The molecule has 5 rings (SSSR count). The van der Waals surface area contributed by atoms with Gasteiger partial charge in [0.05, 0.1) is 18.7 Å². The predicted octanol–water partition coefficient (Wildman–Crippen LogP) is 3.03. The van der Waals surface area contributed by atoms with E-state index in [1.54, 1.807) is 13.3 Å². The molecule has 0 radical (unpaired) electrons. The van der Waals surface area contributed by atoms with Crippen molar-refractivity contribution in [2.24, 2.45) is 17.8 Å². The summed E-state index contributed by atoms with van der Waals surface area (Å²) in [6, 6.07) is 7.79. The quantitative estimate of drug-likeness (QED) is 0.878. The number of ether oxygens (including phenoxy) is 1. The largest absolute Gasteiger partial charge is 0.497 e. The highest BCUT2D eigenvalue weighted by molar-refractivity contribution is 5.83. The fourth-order valence-corrected chi connectivity index (χ4v) is 4.55. The molecule has 2 bridgehead atoms. The lowest BCUT2D eigenvalue weighted by Gasteiger charge is -2.50. The van der Waals surface area contributed by atoms with E-state index in [-0.39, 0.29) is 5.92 Å². The molecular weight excluding hydrogens is 300 g/mol. The third kappa shape index (κ3) is 2.50. The van der Waals surface area contributed by atoms with Crippen LogP contribution in [-0.4, -0.2) is 41.7 Å². The van der Waals surface area contributed by atoms with Crippen LogP contribution in [0.1, 0.15) is 18.1 Å². The zero-order chi connectivity index (χ0) is 16.7. The summed E-state index contributed by atoms with van der Waals surface area (Å²) in [5.41, 5.74) is 1.86. The van der Waals surface area contributed by atoms with Crippen LogP contribution in [0.4, 0.5) is 0 Å². The van der Waals surface area contributed by atoms with Crippen LogP contribution >= 0.6 is 0 Å². The molecule has 126 valence electrons. The van der Waals surface area contributed by atoms with Gasteiger partial charge in [0.1, 0.15) is 5.75 Å². The van der Waals surface area contributed by atoms with E-state index in [4.69, 9.17) is 4.74 Å². The minimum absolute atomic E-state index is 0.243. The molecule has 1 aromatic carbocycles. The number of fused-ring (bicyclic) bond motifs is 4. The van der Waals surface area contributed by atoms with Gasteiger partial charge in [0.25, 0.3) is 0 Å². The first-order valence-corrected chi connectivity index (χ1v) is 8.67. The van der Waals surface area contributed by atoms with Gasteiger partial charge in [-0.05, 0) is 54.6 Å². The summed E-state index contributed by atoms with van der Waals surface area (Å²) < 4.78 is 5.36. The molecule has 0 spiro atoms. The monoisotopic (exact) mass is 324 g/mol.